The molecular weight excluding hydrogens is 508 g/mol. The summed E-state index contributed by atoms with van der Waals surface area (Å²) in [5, 5.41) is 3.73. The average Bonchev–Trinajstić information content (AvgIpc) is 3.69. The first-order valence-electron chi connectivity index (χ1n) is 14.0. The molecule has 6 atom stereocenters. The van der Waals surface area contributed by atoms with E-state index in [9.17, 15) is 9.59 Å². The van der Waals surface area contributed by atoms with Gasteiger partial charge in [0.1, 0.15) is 5.54 Å². The highest BCUT2D eigenvalue weighted by Gasteiger charge is 2.72. The van der Waals surface area contributed by atoms with Gasteiger partial charge in [0.2, 0.25) is 11.7 Å². The van der Waals surface area contributed by atoms with Gasteiger partial charge < -0.3 is 10.3 Å². The van der Waals surface area contributed by atoms with Gasteiger partial charge >= 0.3 is 0 Å². The second-order valence-electron chi connectivity index (χ2n) is 11.6. The van der Waals surface area contributed by atoms with Crippen molar-refractivity contribution < 1.29 is 9.59 Å². The lowest BCUT2D eigenvalue weighted by Gasteiger charge is -2.42. The van der Waals surface area contributed by atoms with Crippen LogP contribution in [0.15, 0.2) is 72.8 Å². The van der Waals surface area contributed by atoms with E-state index in [0.29, 0.717) is 22.5 Å². The summed E-state index contributed by atoms with van der Waals surface area (Å²) >= 11 is 6.41. The number of imidazole rings is 1. The molecule has 4 aromatic rings. The summed E-state index contributed by atoms with van der Waals surface area (Å²) < 4.78 is 0. The number of nitrogens with one attached hydrogen (secondary N) is 2. The van der Waals surface area contributed by atoms with Crippen molar-refractivity contribution in [3.63, 3.8) is 0 Å². The molecule has 0 radical (unpaired) electrons. The third kappa shape index (κ3) is 3.16. The van der Waals surface area contributed by atoms with Crippen LogP contribution in [0.3, 0.4) is 0 Å². The number of nitrogens with zero attached hydrogens (tertiary/aromatic N) is 2. The lowest BCUT2D eigenvalue weighted by Crippen LogP contribution is -2.56. The number of halogens is 1. The summed E-state index contributed by atoms with van der Waals surface area (Å²) in [6.45, 7) is 0. The lowest BCUT2D eigenvalue weighted by molar-refractivity contribution is -0.129. The predicted molar refractivity (Wildman–Crippen MR) is 151 cm³/mol. The number of para-hydroxylation sites is 2. The number of H-pyrrole nitrogens is 1. The number of ketones is 1. The largest absolute Gasteiger partial charge is 0.335 e. The van der Waals surface area contributed by atoms with Crippen molar-refractivity contribution in [3.8, 4) is 0 Å². The SMILES string of the molecule is O=C(c1nc2ccccc2[nH]1)C1C(c2ccccc2)C2CC3CCCC[C@H]3N2[C@@]12C(=O)Nc1cc(Cl)ccc12. The lowest BCUT2D eigenvalue weighted by atomic mass is 9.68. The van der Waals surface area contributed by atoms with Crippen molar-refractivity contribution >= 4 is 40.0 Å². The van der Waals surface area contributed by atoms with Gasteiger partial charge in [-0.15, -0.1) is 0 Å². The average molecular weight is 537 g/mol. The van der Waals surface area contributed by atoms with Crippen LogP contribution in [0.4, 0.5) is 5.69 Å². The number of aromatic nitrogens is 2. The van der Waals surface area contributed by atoms with Crippen LogP contribution >= 0.6 is 11.6 Å². The Morgan fingerprint density at radius 2 is 1.77 bits per heavy atom. The Balaban J connectivity index is 1.40. The summed E-state index contributed by atoms with van der Waals surface area (Å²) in [6.07, 6.45) is 5.59. The first-order valence-corrected chi connectivity index (χ1v) is 14.4. The van der Waals surface area contributed by atoms with Crippen LogP contribution in [0.25, 0.3) is 11.0 Å². The molecule has 3 fully saturated rings. The maximum atomic E-state index is 14.8. The van der Waals surface area contributed by atoms with Gasteiger partial charge in [-0.3, -0.25) is 14.5 Å². The predicted octanol–water partition coefficient (Wildman–Crippen LogP) is 6.29. The minimum absolute atomic E-state index is 0.0752. The van der Waals surface area contributed by atoms with Crippen LogP contribution in [0, 0.1) is 11.8 Å². The van der Waals surface area contributed by atoms with Gasteiger partial charge in [-0.25, -0.2) is 4.98 Å². The van der Waals surface area contributed by atoms with Gasteiger partial charge in [0.05, 0.1) is 17.0 Å². The van der Waals surface area contributed by atoms with Crippen LogP contribution in [-0.2, 0) is 10.3 Å². The topological polar surface area (TPSA) is 78.1 Å². The van der Waals surface area contributed by atoms with Gasteiger partial charge in [0.25, 0.3) is 0 Å². The quantitative estimate of drug-likeness (QED) is 0.301. The molecule has 196 valence electrons. The van der Waals surface area contributed by atoms with Crippen LogP contribution in [0.2, 0.25) is 5.02 Å². The van der Waals surface area contributed by atoms with E-state index in [-0.39, 0.29) is 29.7 Å². The minimum atomic E-state index is -1.13. The third-order valence-corrected chi connectivity index (χ3v) is 10.1. The molecule has 6 nitrogen and oxygen atoms in total. The number of carbonyl (C=O) groups excluding carboxylic acids is 2. The smallest absolute Gasteiger partial charge is 0.250 e. The van der Waals surface area contributed by atoms with Crippen LogP contribution in [0.1, 0.15) is 59.8 Å². The standard InChI is InChI=1S/C32H29ClN4O2/c33-20-14-15-21-24(17-20)36-31(39)32(21)28(29(38)30-34-22-11-5-6-12-23(22)35-30)27(18-8-2-1-3-9-18)26-16-19-10-4-7-13-25(19)37(26)32/h1-3,5-6,8-9,11-12,14-15,17,19,25-28H,4,7,10,13,16H2,(H,34,35)(H,36,39)/t19?,25-,26?,27?,28?,32-/m1/s1. The number of carbonyl (C=O) groups is 2. The summed E-state index contributed by atoms with van der Waals surface area (Å²) in [7, 11) is 0. The van der Waals surface area contributed by atoms with Gasteiger partial charge in [0, 0.05) is 34.3 Å². The van der Waals surface area contributed by atoms with Gasteiger partial charge in [0.15, 0.2) is 5.82 Å². The van der Waals surface area contributed by atoms with Gasteiger partial charge in [-0.05, 0) is 55.0 Å². The zero-order chi connectivity index (χ0) is 26.3. The Bertz CT molecular complexity index is 1600. The number of amides is 1. The Morgan fingerprint density at radius 3 is 2.62 bits per heavy atom. The molecule has 3 aliphatic heterocycles. The molecule has 1 aliphatic carbocycles. The number of rotatable bonds is 3. The molecule has 4 heterocycles. The van der Waals surface area contributed by atoms with E-state index >= 15 is 0 Å². The Morgan fingerprint density at radius 1 is 0.974 bits per heavy atom. The minimum Gasteiger partial charge on any atom is -0.335 e. The molecule has 7 heteroatoms. The highest BCUT2D eigenvalue weighted by atomic mass is 35.5. The molecule has 1 aromatic heterocycles. The molecule has 0 bridgehead atoms. The molecule has 3 aromatic carbocycles. The zero-order valence-corrected chi connectivity index (χ0v) is 22.2. The van der Waals surface area contributed by atoms with Gasteiger partial charge in [-0.1, -0.05) is 73.0 Å². The molecule has 8 rings (SSSR count). The summed E-state index contributed by atoms with van der Waals surface area (Å²) in [6, 6.07) is 24.0. The Labute approximate surface area is 231 Å². The van der Waals surface area contributed by atoms with E-state index in [2.05, 4.69) is 27.3 Å². The summed E-state index contributed by atoms with van der Waals surface area (Å²) in [4.78, 5) is 39.9. The van der Waals surface area contributed by atoms with Crippen molar-refractivity contribution in [1.29, 1.82) is 0 Å². The summed E-state index contributed by atoms with van der Waals surface area (Å²) in [5.41, 5.74) is 3.12. The number of aromatic amines is 1. The molecule has 2 saturated heterocycles. The highest BCUT2D eigenvalue weighted by Crippen LogP contribution is 2.64. The van der Waals surface area contributed by atoms with Gasteiger partial charge in [-0.2, -0.15) is 0 Å². The molecule has 1 saturated carbocycles. The number of hydrogen-bond donors (Lipinski definition) is 2. The van der Waals surface area contributed by atoms with E-state index in [1.54, 1.807) is 0 Å². The van der Waals surface area contributed by atoms with Crippen LogP contribution in [-0.4, -0.2) is 38.6 Å². The van der Waals surface area contributed by atoms with E-state index in [4.69, 9.17) is 16.6 Å². The van der Waals surface area contributed by atoms with E-state index in [1.807, 2.05) is 60.7 Å². The van der Waals surface area contributed by atoms with Crippen molar-refractivity contribution in [3.05, 3.63) is 94.8 Å². The van der Waals surface area contributed by atoms with E-state index < -0.39 is 11.5 Å². The Kier molecular flexibility index (Phi) is 5.11. The molecule has 4 unspecified atom stereocenters. The van der Waals surface area contributed by atoms with E-state index in [1.165, 1.54) is 12.8 Å². The first-order chi connectivity index (χ1) is 19.1. The number of hydrogen-bond acceptors (Lipinski definition) is 4. The number of fused-ring (bicyclic) bond motifs is 7. The van der Waals surface area contributed by atoms with Crippen molar-refractivity contribution in [1.82, 2.24) is 14.9 Å². The first kappa shape index (κ1) is 23.4. The maximum absolute atomic E-state index is 14.8. The van der Waals surface area contributed by atoms with Crippen molar-refractivity contribution in [2.45, 2.75) is 55.6 Å². The molecule has 4 aliphatic rings. The molecule has 2 N–H and O–H groups in total. The fourth-order valence-electron chi connectivity index (χ4n) is 8.50. The van der Waals surface area contributed by atoms with Crippen molar-refractivity contribution in [2.24, 2.45) is 11.8 Å². The normalized spacial score (nSPS) is 31.3. The second-order valence-corrected chi connectivity index (χ2v) is 12.0. The second kappa shape index (κ2) is 8.51. The fourth-order valence-corrected chi connectivity index (χ4v) is 8.67. The molecule has 39 heavy (non-hydrogen) atoms. The van der Waals surface area contributed by atoms with Crippen LogP contribution < -0.4 is 5.32 Å². The monoisotopic (exact) mass is 536 g/mol. The zero-order valence-electron chi connectivity index (χ0n) is 21.4. The molecule has 1 spiro atoms. The highest BCUT2D eigenvalue weighted by molar-refractivity contribution is 6.31. The molecular formula is C32H29ClN4O2. The summed E-state index contributed by atoms with van der Waals surface area (Å²) in [5.74, 6) is -0.180. The fraction of sp³-hybridized carbons (Fsp3) is 0.344. The third-order valence-electron chi connectivity index (χ3n) is 9.84. The van der Waals surface area contributed by atoms with E-state index in [0.717, 1.165) is 41.4 Å². The van der Waals surface area contributed by atoms with Crippen LogP contribution in [0.5, 0.6) is 0 Å². The number of Topliss-reactive ketones (excluding diaryl/α,β-unsaturated/α-hetero) is 1. The van der Waals surface area contributed by atoms with Crippen molar-refractivity contribution in [2.75, 3.05) is 5.32 Å². The molecule has 1 amide bonds. The number of anilines is 1. The number of benzene rings is 3. The maximum Gasteiger partial charge on any atom is 0.250 e. The Hall–Kier alpha value is -3.48.